The highest BCUT2D eigenvalue weighted by Gasteiger charge is 2.04. The lowest BCUT2D eigenvalue weighted by Crippen LogP contribution is -1.89. The summed E-state index contributed by atoms with van der Waals surface area (Å²) in [7, 11) is 1.67. The van der Waals surface area contributed by atoms with Gasteiger partial charge in [-0.05, 0) is 35.9 Å². The Balaban J connectivity index is 1.90. The summed E-state index contributed by atoms with van der Waals surface area (Å²) in [6.07, 6.45) is 7.68. The molecule has 3 heteroatoms. The van der Waals surface area contributed by atoms with Gasteiger partial charge in [0.2, 0.25) is 0 Å². The molecule has 1 aromatic carbocycles. The van der Waals surface area contributed by atoms with Crippen LogP contribution in [0.2, 0.25) is 0 Å². The summed E-state index contributed by atoms with van der Waals surface area (Å²) in [6.45, 7) is 0. The summed E-state index contributed by atoms with van der Waals surface area (Å²) < 4.78 is 5.17. The molecule has 0 unspecified atom stereocenters. The third kappa shape index (κ3) is 3.20. The second-order valence-corrected chi connectivity index (χ2v) is 4.76. The molecule has 0 aliphatic carbocycles. The molecule has 22 heavy (non-hydrogen) atoms. The molecule has 0 saturated carbocycles. The minimum atomic E-state index is 0.854. The van der Waals surface area contributed by atoms with Crippen molar-refractivity contribution in [3.05, 3.63) is 78.1 Å². The molecule has 108 valence electrons. The average Bonchev–Trinajstić information content (AvgIpc) is 2.61. The lowest BCUT2D eigenvalue weighted by Gasteiger charge is -2.04. The normalized spacial score (nSPS) is 10.8. The maximum atomic E-state index is 5.17. The number of ether oxygens (including phenoxy) is 1. The maximum absolute atomic E-state index is 5.17. The fourth-order valence-corrected chi connectivity index (χ4v) is 2.17. The third-order valence-corrected chi connectivity index (χ3v) is 3.32. The van der Waals surface area contributed by atoms with Crippen LogP contribution in [0.1, 0.15) is 11.1 Å². The van der Waals surface area contributed by atoms with Gasteiger partial charge in [0, 0.05) is 18.0 Å². The lowest BCUT2D eigenvalue weighted by molar-refractivity contribution is 0.415. The smallest absolute Gasteiger partial charge is 0.118 e. The molecule has 0 atom stereocenters. The molecule has 0 aliphatic heterocycles. The molecule has 3 nitrogen and oxygen atoms in total. The molecule has 3 aromatic rings. The van der Waals surface area contributed by atoms with Crippen molar-refractivity contribution in [1.82, 2.24) is 9.97 Å². The fraction of sp³-hybridized carbons (Fsp3) is 0.0526. The van der Waals surface area contributed by atoms with Crippen LogP contribution in [-0.2, 0) is 0 Å². The van der Waals surface area contributed by atoms with Crippen LogP contribution >= 0.6 is 0 Å². The largest absolute Gasteiger partial charge is 0.497 e. The van der Waals surface area contributed by atoms with Gasteiger partial charge in [-0.25, -0.2) is 0 Å². The number of methoxy groups -OCH3 is 1. The van der Waals surface area contributed by atoms with E-state index in [2.05, 4.69) is 22.1 Å². The van der Waals surface area contributed by atoms with E-state index in [1.54, 1.807) is 19.5 Å². The Labute approximate surface area is 130 Å². The Morgan fingerprint density at radius 1 is 0.818 bits per heavy atom. The van der Waals surface area contributed by atoms with E-state index in [9.17, 15) is 0 Å². The van der Waals surface area contributed by atoms with Crippen LogP contribution in [-0.4, -0.2) is 17.1 Å². The quantitative estimate of drug-likeness (QED) is 0.717. The Bertz CT molecular complexity index is 765. The van der Waals surface area contributed by atoms with Crippen LogP contribution in [0, 0.1) is 0 Å². The van der Waals surface area contributed by atoms with Crippen LogP contribution in [0.15, 0.2) is 67.0 Å². The van der Waals surface area contributed by atoms with Gasteiger partial charge in [0.25, 0.3) is 0 Å². The van der Waals surface area contributed by atoms with Crippen molar-refractivity contribution in [2.45, 2.75) is 0 Å². The Morgan fingerprint density at radius 3 is 2.36 bits per heavy atom. The van der Waals surface area contributed by atoms with E-state index in [4.69, 9.17) is 4.74 Å². The van der Waals surface area contributed by atoms with Crippen molar-refractivity contribution in [2.75, 3.05) is 7.11 Å². The van der Waals surface area contributed by atoms with Crippen molar-refractivity contribution in [2.24, 2.45) is 0 Å². The first-order chi connectivity index (χ1) is 10.9. The van der Waals surface area contributed by atoms with Gasteiger partial charge in [-0.15, -0.1) is 0 Å². The number of benzene rings is 1. The first-order valence-corrected chi connectivity index (χ1v) is 7.05. The number of hydrogen-bond acceptors (Lipinski definition) is 3. The summed E-state index contributed by atoms with van der Waals surface area (Å²) >= 11 is 0. The predicted molar refractivity (Wildman–Crippen MR) is 89.4 cm³/mol. The zero-order valence-corrected chi connectivity index (χ0v) is 12.3. The number of hydrogen-bond donors (Lipinski definition) is 0. The monoisotopic (exact) mass is 288 g/mol. The van der Waals surface area contributed by atoms with E-state index < -0.39 is 0 Å². The highest BCUT2D eigenvalue weighted by Crippen LogP contribution is 2.21. The predicted octanol–water partition coefficient (Wildman–Crippen LogP) is 4.32. The van der Waals surface area contributed by atoms with E-state index in [1.165, 1.54) is 0 Å². The van der Waals surface area contributed by atoms with Crippen molar-refractivity contribution in [1.29, 1.82) is 0 Å². The van der Waals surface area contributed by atoms with Crippen molar-refractivity contribution in [3.63, 3.8) is 0 Å². The number of aromatic nitrogens is 2. The second-order valence-electron chi connectivity index (χ2n) is 4.76. The lowest BCUT2D eigenvalue weighted by atomic mass is 10.1. The van der Waals surface area contributed by atoms with E-state index in [-0.39, 0.29) is 0 Å². The van der Waals surface area contributed by atoms with Gasteiger partial charge < -0.3 is 4.74 Å². The summed E-state index contributed by atoms with van der Waals surface area (Å²) in [6, 6.07) is 17.7. The average molecular weight is 288 g/mol. The van der Waals surface area contributed by atoms with Gasteiger partial charge in [-0.3, -0.25) is 9.97 Å². The molecule has 0 aliphatic rings. The van der Waals surface area contributed by atoms with E-state index in [0.29, 0.717) is 0 Å². The molecule has 0 spiro atoms. The molecular weight excluding hydrogens is 272 g/mol. The van der Waals surface area contributed by atoms with Gasteiger partial charge in [-0.2, -0.15) is 0 Å². The van der Waals surface area contributed by atoms with E-state index >= 15 is 0 Å². The number of pyridine rings is 2. The van der Waals surface area contributed by atoms with Crippen LogP contribution in [0.5, 0.6) is 5.75 Å². The van der Waals surface area contributed by atoms with Crippen LogP contribution in [0.25, 0.3) is 23.5 Å². The van der Waals surface area contributed by atoms with E-state index in [0.717, 1.165) is 28.3 Å². The van der Waals surface area contributed by atoms with Crippen LogP contribution in [0.3, 0.4) is 0 Å². The summed E-state index contributed by atoms with van der Waals surface area (Å²) in [5.41, 5.74) is 3.90. The Kier molecular flexibility index (Phi) is 4.25. The minimum Gasteiger partial charge on any atom is -0.497 e. The zero-order chi connectivity index (χ0) is 15.2. The maximum Gasteiger partial charge on any atom is 0.118 e. The van der Waals surface area contributed by atoms with Gasteiger partial charge in [0.15, 0.2) is 0 Å². The molecule has 0 fully saturated rings. The fourth-order valence-electron chi connectivity index (χ4n) is 2.17. The number of nitrogens with zero attached hydrogens (tertiary/aromatic N) is 2. The van der Waals surface area contributed by atoms with Crippen molar-refractivity contribution >= 4 is 12.2 Å². The summed E-state index contributed by atoms with van der Waals surface area (Å²) in [5, 5.41) is 0. The van der Waals surface area contributed by atoms with Crippen LogP contribution in [0.4, 0.5) is 0 Å². The first kappa shape index (κ1) is 14.0. The molecule has 0 amide bonds. The highest BCUT2D eigenvalue weighted by atomic mass is 16.5. The first-order valence-electron chi connectivity index (χ1n) is 7.05. The van der Waals surface area contributed by atoms with Gasteiger partial charge in [0.1, 0.15) is 5.75 Å². The second kappa shape index (κ2) is 6.68. The topological polar surface area (TPSA) is 35.0 Å². The van der Waals surface area contributed by atoms with Gasteiger partial charge in [-0.1, -0.05) is 36.4 Å². The standard InChI is InChI=1S/C19H16N2O/c1-22-17-11-8-15(9-12-17)7-10-16-5-4-14-21-19(16)18-6-2-3-13-20-18/h2-14H,1H3. The zero-order valence-electron chi connectivity index (χ0n) is 12.3. The van der Waals surface area contributed by atoms with Crippen molar-refractivity contribution < 1.29 is 4.74 Å². The molecule has 2 aromatic heterocycles. The van der Waals surface area contributed by atoms with E-state index in [1.807, 2.05) is 54.6 Å². The molecule has 2 heterocycles. The minimum absolute atomic E-state index is 0.854. The molecule has 0 bridgehead atoms. The molecule has 0 saturated heterocycles. The molecule has 3 rings (SSSR count). The SMILES string of the molecule is COc1ccc(C=Cc2cccnc2-c2ccccn2)cc1. The molecule has 0 radical (unpaired) electrons. The Hall–Kier alpha value is -2.94. The third-order valence-electron chi connectivity index (χ3n) is 3.32. The number of rotatable bonds is 4. The molecular formula is C19H16N2O. The van der Waals surface area contributed by atoms with Gasteiger partial charge >= 0.3 is 0 Å². The van der Waals surface area contributed by atoms with Crippen LogP contribution < -0.4 is 4.74 Å². The summed E-state index contributed by atoms with van der Waals surface area (Å²) in [4.78, 5) is 8.83. The molecule has 0 N–H and O–H groups in total. The highest BCUT2D eigenvalue weighted by molar-refractivity contribution is 5.77. The Morgan fingerprint density at radius 2 is 1.64 bits per heavy atom. The summed E-state index contributed by atoms with van der Waals surface area (Å²) in [5.74, 6) is 0.854. The van der Waals surface area contributed by atoms with Gasteiger partial charge in [0.05, 0.1) is 18.5 Å². The van der Waals surface area contributed by atoms with Crippen molar-refractivity contribution in [3.8, 4) is 17.1 Å².